The van der Waals surface area contributed by atoms with E-state index >= 15 is 0 Å². The topological polar surface area (TPSA) is 66.4 Å². The summed E-state index contributed by atoms with van der Waals surface area (Å²) in [7, 11) is 0. The number of oxime groups is 1. The molecule has 1 aromatic rings. The van der Waals surface area contributed by atoms with Crippen molar-refractivity contribution in [2.45, 2.75) is 51.5 Å². The maximum atomic E-state index is 11.3. The summed E-state index contributed by atoms with van der Waals surface area (Å²) in [6.45, 7) is 5.34. The fourth-order valence-corrected chi connectivity index (χ4v) is 2.91. The van der Waals surface area contributed by atoms with Crippen LogP contribution in [0.2, 0.25) is 0 Å². The van der Waals surface area contributed by atoms with E-state index in [1.807, 2.05) is 30.3 Å². The van der Waals surface area contributed by atoms with Crippen molar-refractivity contribution in [1.29, 1.82) is 0 Å². The maximum absolute atomic E-state index is 11.3. The summed E-state index contributed by atoms with van der Waals surface area (Å²) in [5.74, 6) is -1.16. The van der Waals surface area contributed by atoms with Gasteiger partial charge in [-0.15, -0.1) is 0 Å². The Labute approximate surface area is 150 Å². The lowest BCUT2D eigenvalue weighted by molar-refractivity contribution is -0.166. The van der Waals surface area contributed by atoms with Gasteiger partial charge in [-0.05, 0) is 19.4 Å². The quantitative estimate of drug-likeness (QED) is 0.305. The Morgan fingerprint density at radius 1 is 1.38 bits per heavy atom. The van der Waals surface area contributed by atoms with Crippen molar-refractivity contribution in [3.8, 4) is 0 Å². The zero-order valence-electron chi connectivity index (χ0n) is 14.0. The van der Waals surface area contributed by atoms with Gasteiger partial charge in [0.25, 0.3) is 0 Å². The van der Waals surface area contributed by atoms with Crippen LogP contribution in [0.4, 0.5) is 0 Å². The number of nitrogens with zero attached hydrogens (tertiary/aromatic N) is 1. The van der Waals surface area contributed by atoms with Crippen LogP contribution in [0.1, 0.15) is 26.3 Å². The fourth-order valence-electron chi connectivity index (χ4n) is 2.41. The number of hydrogen-bond donors (Lipinski definition) is 0. The molecule has 1 saturated heterocycles. The Hall–Kier alpha value is -1.44. The van der Waals surface area contributed by atoms with Crippen LogP contribution < -0.4 is 0 Å². The van der Waals surface area contributed by atoms with Gasteiger partial charge in [0.1, 0.15) is 24.9 Å². The molecule has 0 saturated carbocycles. The molecule has 6 nitrogen and oxygen atoms in total. The van der Waals surface area contributed by atoms with E-state index in [-0.39, 0.29) is 5.97 Å². The smallest absolute Gasteiger partial charge is 0.303 e. The van der Waals surface area contributed by atoms with Gasteiger partial charge < -0.3 is 19.0 Å². The molecule has 1 aromatic carbocycles. The second-order valence-corrected chi connectivity index (χ2v) is 6.53. The van der Waals surface area contributed by atoms with E-state index in [1.165, 1.54) is 6.92 Å². The molecule has 0 N–H and O–H groups in total. The highest BCUT2D eigenvalue weighted by Crippen LogP contribution is 2.31. The van der Waals surface area contributed by atoms with Crippen LogP contribution >= 0.6 is 15.9 Å². The molecule has 3 atom stereocenters. The third-order valence-electron chi connectivity index (χ3n) is 3.36. The lowest BCUT2D eigenvalue weighted by Crippen LogP contribution is -2.40. The highest BCUT2D eigenvalue weighted by atomic mass is 79.9. The van der Waals surface area contributed by atoms with Gasteiger partial charge in [0, 0.05) is 12.3 Å². The standard InChI is InChI=1S/C17H22BrNO5/c1-12(20)22-14(9-18)16-15(23-17(2,3)24-16)10-19-21-11-13-7-5-4-6-8-13/h4-8,10,14-16H,9,11H2,1-3H3/b19-10+/t14-,15+,16-/m1/s1. The summed E-state index contributed by atoms with van der Waals surface area (Å²) in [4.78, 5) is 16.6. The molecule has 0 radical (unpaired) electrons. The maximum Gasteiger partial charge on any atom is 0.303 e. The first-order valence-corrected chi connectivity index (χ1v) is 8.81. The molecule has 1 fully saturated rings. The molecule has 7 heteroatoms. The van der Waals surface area contributed by atoms with Gasteiger partial charge in [-0.2, -0.15) is 0 Å². The molecule has 0 bridgehead atoms. The van der Waals surface area contributed by atoms with Crippen LogP contribution in [0.3, 0.4) is 0 Å². The summed E-state index contributed by atoms with van der Waals surface area (Å²) in [6, 6.07) is 9.73. The zero-order chi connectivity index (χ0) is 17.6. The van der Waals surface area contributed by atoms with Crippen molar-refractivity contribution in [3.05, 3.63) is 35.9 Å². The number of alkyl halides is 1. The third-order valence-corrected chi connectivity index (χ3v) is 3.99. The minimum atomic E-state index is -0.790. The van der Waals surface area contributed by atoms with Crippen molar-refractivity contribution in [1.82, 2.24) is 0 Å². The second-order valence-electron chi connectivity index (χ2n) is 5.88. The summed E-state index contributed by atoms with van der Waals surface area (Å²) >= 11 is 3.34. The van der Waals surface area contributed by atoms with Gasteiger partial charge in [0.2, 0.25) is 0 Å². The number of benzene rings is 1. The van der Waals surface area contributed by atoms with E-state index in [0.29, 0.717) is 11.9 Å². The van der Waals surface area contributed by atoms with E-state index in [1.54, 1.807) is 20.1 Å². The lowest BCUT2D eigenvalue weighted by atomic mass is 10.1. The SMILES string of the molecule is CC(=O)O[C@H](CBr)[C@H]1OC(C)(C)O[C@H]1/C=N/OCc1ccccc1. The number of hydrogen-bond acceptors (Lipinski definition) is 6. The number of ether oxygens (including phenoxy) is 3. The van der Waals surface area contributed by atoms with E-state index in [4.69, 9.17) is 19.0 Å². The Morgan fingerprint density at radius 2 is 2.08 bits per heavy atom. The normalized spacial score (nSPS) is 24.0. The fraction of sp³-hybridized carbons (Fsp3) is 0.529. The van der Waals surface area contributed by atoms with Crippen LogP contribution in [-0.4, -0.2) is 41.6 Å². The van der Waals surface area contributed by atoms with E-state index in [0.717, 1.165) is 5.56 Å². The van der Waals surface area contributed by atoms with Crippen molar-refractivity contribution >= 4 is 28.1 Å². The zero-order valence-corrected chi connectivity index (χ0v) is 15.6. The predicted octanol–water partition coefficient (Wildman–Crippen LogP) is 3.04. The van der Waals surface area contributed by atoms with E-state index in [9.17, 15) is 4.79 Å². The molecule has 0 aliphatic carbocycles. The van der Waals surface area contributed by atoms with Gasteiger partial charge >= 0.3 is 5.97 Å². The molecule has 1 aliphatic heterocycles. The molecule has 1 heterocycles. The molecular weight excluding hydrogens is 378 g/mol. The third kappa shape index (κ3) is 5.58. The van der Waals surface area contributed by atoms with Crippen LogP contribution in [0.25, 0.3) is 0 Å². The predicted molar refractivity (Wildman–Crippen MR) is 92.9 cm³/mol. The second kappa shape index (κ2) is 8.60. The van der Waals surface area contributed by atoms with Crippen LogP contribution in [0.15, 0.2) is 35.5 Å². The Bertz CT molecular complexity index is 563. The number of carbonyl (C=O) groups is 1. The highest BCUT2D eigenvalue weighted by Gasteiger charge is 2.45. The van der Waals surface area contributed by atoms with Crippen LogP contribution in [-0.2, 0) is 30.4 Å². The van der Waals surface area contributed by atoms with Crippen LogP contribution in [0.5, 0.6) is 0 Å². The van der Waals surface area contributed by atoms with Crippen LogP contribution in [0, 0.1) is 0 Å². The number of esters is 1. The lowest BCUT2D eigenvalue weighted by Gasteiger charge is -2.23. The van der Waals surface area contributed by atoms with Gasteiger partial charge in [-0.25, -0.2) is 0 Å². The molecule has 0 amide bonds. The summed E-state index contributed by atoms with van der Waals surface area (Å²) in [6.07, 6.45) is 0.126. The average Bonchev–Trinajstić information content (AvgIpc) is 2.85. The first kappa shape index (κ1) is 18.9. The summed E-state index contributed by atoms with van der Waals surface area (Å²) in [5, 5.41) is 4.41. The molecule has 0 spiro atoms. The molecule has 132 valence electrons. The van der Waals surface area contributed by atoms with Crippen molar-refractivity contribution in [3.63, 3.8) is 0 Å². The monoisotopic (exact) mass is 399 g/mol. The van der Waals surface area contributed by atoms with E-state index < -0.39 is 24.1 Å². The number of halogens is 1. The minimum Gasteiger partial charge on any atom is -0.459 e. The first-order valence-electron chi connectivity index (χ1n) is 7.69. The van der Waals surface area contributed by atoms with Gasteiger partial charge in [-0.1, -0.05) is 51.4 Å². The van der Waals surface area contributed by atoms with Gasteiger partial charge in [0.15, 0.2) is 5.79 Å². The Morgan fingerprint density at radius 3 is 2.71 bits per heavy atom. The molecular formula is C17H22BrNO5. The van der Waals surface area contributed by atoms with Gasteiger partial charge in [-0.3, -0.25) is 4.79 Å². The Kier molecular flexibility index (Phi) is 6.77. The summed E-state index contributed by atoms with van der Waals surface area (Å²) in [5.41, 5.74) is 1.02. The molecule has 0 aromatic heterocycles. The molecule has 1 aliphatic rings. The van der Waals surface area contributed by atoms with Crippen molar-refractivity contribution in [2.75, 3.05) is 5.33 Å². The first-order chi connectivity index (χ1) is 11.4. The number of rotatable bonds is 7. The summed E-state index contributed by atoms with van der Waals surface area (Å²) < 4.78 is 17.0. The van der Waals surface area contributed by atoms with Crippen molar-refractivity contribution < 1.29 is 23.8 Å². The molecule has 2 rings (SSSR count). The highest BCUT2D eigenvalue weighted by molar-refractivity contribution is 9.09. The van der Waals surface area contributed by atoms with Gasteiger partial charge in [0.05, 0.1) is 6.21 Å². The number of carbonyl (C=O) groups excluding carboxylic acids is 1. The Balaban J connectivity index is 1.97. The van der Waals surface area contributed by atoms with Crippen molar-refractivity contribution in [2.24, 2.45) is 5.16 Å². The minimum absolute atomic E-state index is 0.366. The largest absolute Gasteiger partial charge is 0.459 e. The molecule has 0 unspecified atom stereocenters. The molecule has 24 heavy (non-hydrogen) atoms. The van der Waals surface area contributed by atoms with E-state index in [2.05, 4.69) is 21.1 Å². The average molecular weight is 400 g/mol.